The summed E-state index contributed by atoms with van der Waals surface area (Å²) in [6.07, 6.45) is 10.6. The number of rotatable bonds is 2. The molecule has 5 heteroatoms. The van der Waals surface area contributed by atoms with Crippen molar-refractivity contribution in [3.05, 3.63) is 41.4 Å². The molecule has 5 nitrogen and oxygen atoms in total. The van der Waals surface area contributed by atoms with Crippen molar-refractivity contribution in [2.24, 2.45) is 28.6 Å². The van der Waals surface area contributed by atoms with Crippen molar-refractivity contribution in [3.63, 3.8) is 0 Å². The molecule has 162 valence electrons. The minimum atomic E-state index is -0.456. The molecule has 2 heterocycles. The Hall–Kier alpha value is -1.85. The van der Waals surface area contributed by atoms with Crippen LogP contribution in [0.15, 0.2) is 34.3 Å². The van der Waals surface area contributed by atoms with Crippen LogP contribution in [0.1, 0.15) is 57.5 Å². The predicted molar refractivity (Wildman–Crippen MR) is 114 cm³/mol. The van der Waals surface area contributed by atoms with Crippen LogP contribution >= 0.6 is 0 Å². The summed E-state index contributed by atoms with van der Waals surface area (Å²) in [6, 6.07) is 3.93. The van der Waals surface area contributed by atoms with E-state index in [0.717, 1.165) is 37.7 Å². The third kappa shape index (κ3) is 2.71. The van der Waals surface area contributed by atoms with Crippen molar-refractivity contribution in [2.75, 3.05) is 7.05 Å². The van der Waals surface area contributed by atoms with Crippen LogP contribution in [0.5, 0.6) is 0 Å². The van der Waals surface area contributed by atoms with E-state index in [9.17, 15) is 15.0 Å². The fourth-order valence-corrected chi connectivity index (χ4v) is 7.48. The highest BCUT2D eigenvalue weighted by Crippen LogP contribution is 2.65. The monoisotopic (exact) mass is 411 g/mol. The summed E-state index contributed by atoms with van der Waals surface area (Å²) < 4.78 is 5.66. The van der Waals surface area contributed by atoms with Gasteiger partial charge in [-0.2, -0.15) is 0 Å². The molecule has 0 unspecified atom stereocenters. The van der Waals surface area contributed by atoms with Crippen LogP contribution in [0.3, 0.4) is 0 Å². The Bertz CT molecular complexity index is 916. The van der Waals surface area contributed by atoms with Crippen LogP contribution in [0.25, 0.3) is 6.08 Å². The number of amides is 1. The number of carbonyl (C=O) groups is 1. The van der Waals surface area contributed by atoms with E-state index in [-0.39, 0.29) is 29.4 Å². The van der Waals surface area contributed by atoms with E-state index in [0.29, 0.717) is 29.3 Å². The molecule has 5 rings (SSSR count). The van der Waals surface area contributed by atoms with Crippen molar-refractivity contribution >= 4 is 12.0 Å². The number of aliphatic hydroxyl groups is 2. The number of nitrogens with zero attached hydrogens (tertiary/aromatic N) is 1. The summed E-state index contributed by atoms with van der Waals surface area (Å²) in [5.41, 5.74) is 0.963. The van der Waals surface area contributed by atoms with Crippen LogP contribution in [-0.4, -0.2) is 40.2 Å². The Labute approximate surface area is 178 Å². The van der Waals surface area contributed by atoms with Gasteiger partial charge in [-0.3, -0.25) is 4.79 Å². The highest BCUT2D eigenvalue weighted by molar-refractivity contribution is 5.89. The molecule has 3 aliphatic carbocycles. The zero-order valence-electron chi connectivity index (χ0n) is 18.2. The fraction of sp³-hybridized carbons (Fsp3) is 0.640. The molecule has 0 bridgehead atoms. The van der Waals surface area contributed by atoms with Crippen molar-refractivity contribution < 1.29 is 19.4 Å². The van der Waals surface area contributed by atoms with Gasteiger partial charge in [0, 0.05) is 23.9 Å². The van der Waals surface area contributed by atoms with E-state index in [1.807, 2.05) is 24.1 Å². The van der Waals surface area contributed by atoms with Crippen molar-refractivity contribution in [3.8, 4) is 0 Å². The molecule has 4 aliphatic rings. The Balaban J connectivity index is 1.46. The Morgan fingerprint density at radius 3 is 2.77 bits per heavy atom. The molecule has 1 aromatic rings. The fourth-order valence-electron chi connectivity index (χ4n) is 7.48. The number of fused-ring (bicyclic) bond motifs is 5. The standard InChI is InChI=1S/C25H33NO4/c1-24-11-9-22(28)26(3)21(24)7-6-18-19(24)8-10-25(2)20(18)13-15(23(25)29)12-16-4-5-17(14-27)30-16/h4-5,9,11-12,18-21,23,27,29H,6-8,10,13-14H2,1-3H3/t18-,19+,20+,21-,23+,24-,25+/m1/s1. The second-order valence-electron chi connectivity index (χ2n) is 10.5. The normalized spacial score (nSPS) is 44.2. The Kier molecular flexibility index (Phi) is 4.57. The summed E-state index contributed by atoms with van der Waals surface area (Å²) in [5.74, 6) is 2.92. The second-order valence-corrected chi connectivity index (χ2v) is 10.5. The lowest BCUT2D eigenvalue weighted by Gasteiger charge is -2.59. The van der Waals surface area contributed by atoms with Crippen molar-refractivity contribution in [2.45, 2.75) is 64.7 Å². The van der Waals surface area contributed by atoms with Gasteiger partial charge in [0.2, 0.25) is 5.91 Å². The number of hydrogen-bond acceptors (Lipinski definition) is 4. The average molecular weight is 412 g/mol. The molecule has 1 amide bonds. The highest BCUT2D eigenvalue weighted by Gasteiger charge is 2.61. The van der Waals surface area contributed by atoms with E-state index in [1.54, 1.807) is 12.1 Å². The first-order valence-corrected chi connectivity index (χ1v) is 11.3. The van der Waals surface area contributed by atoms with Gasteiger partial charge in [0.05, 0.1) is 6.10 Å². The molecular formula is C25H33NO4. The predicted octanol–water partition coefficient (Wildman–Crippen LogP) is 3.77. The van der Waals surface area contributed by atoms with Gasteiger partial charge in [-0.25, -0.2) is 0 Å². The average Bonchev–Trinajstić information content (AvgIpc) is 3.28. The molecular weight excluding hydrogens is 378 g/mol. The van der Waals surface area contributed by atoms with Crippen molar-refractivity contribution in [1.82, 2.24) is 4.90 Å². The van der Waals surface area contributed by atoms with E-state index < -0.39 is 6.10 Å². The summed E-state index contributed by atoms with van der Waals surface area (Å²) >= 11 is 0. The molecule has 0 spiro atoms. The van der Waals surface area contributed by atoms with Crippen LogP contribution in [-0.2, 0) is 11.4 Å². The van der Waals surface area contributed by atoms with E-state index in [2.05, 4.69) is 19.9 Å². The maximum Gasteiger partial charge on any atom is 0.246 e. The zero-order valence-corrected chi connectivity index (χ0v) is 18.2. The molecule has 0 saturated heterocycles. The SMILES string of the molecule is CN1C(=O)C=C[C@]2(C)[C@H]3CC[C@]4(C)[C@@H](O)C(=Cc5ccc(CO)o5)C[C@H]4[C@@H]3CC[C@@H]12. The summed E-state index contributed by atoms with van der Waals surface area (Å²) in [6.45, 7) is 4.50. The Morgan fingerprint density at radius 2 is 2.03 bits per heavy atom. The van der Waals surface area contributed by atoms with Crippen LogP contribution in [0, 0.1) is 28.6 Å². The Morgan fingerprint density at radius 1 is 1.23 bits per heavy atom. The molecule has 30 heavy (non-hydrogen) atoms. The third-order valence-corrected chi connectivity index (χ3v) is 9.16. The maximum absolute atomic E-state index is 12.2. The van der Waals surface area contributed by atoms with E-state index >= 15 is 0 Å². The lowest BCUT2D eigenvalue weighted by Crippen LogP contribution is -2.59. The van der Waals surface area contributed by atoms with Gasteiger partial charge in [0.25, 0.3) is 0 Å². The minimum Gasteiger partial charge on any atom is -0.459 e. The first-order valence-electron chi connectivity index (χ1n) is 11.3. The molecule has 3 fully saturated rings. The maximum atomic E-state index is 12.2. The first-order chi connectivity index (χ1) is 14.3. The highest BCUT2D eigenvalue weighted by atomic mass is 16.4. The molecule has 3 saturated carbocycles. The molecule has 1 aromatic heterocycles. The van der Waals surface area contributed by atoms with Crippen LogP contribution in [0.4, 0.5) is 0 Å². The zero-order chi connectivity index (χ0) is 21.3. The second kappa shape index (κ2) is 6.83. The number of carbonyl (C=O) groups excluding carboxylic acids is 1. The van der Waals surface area contributed by atoms with Gasteiger partial charge >= 0.3 is 0 Å². The van der Waals surface area contributed by atoms with Gasteiger partial charge in [-0.05, 0) is 79.7 Å². The summed E-state index contributed by atoms with van der Waals surface area (Å²) in [5, 5.41) is 20.6. The lowest BCUT2D eigenvalue weighted by atomic mass is 9.48. The quantitative estimate of drug-likeness (QED) is 0.777. The topological polar surface area (TPSA) is 73.9 Å². The largest absolute Gasteiger partial charge is 0.459 e. The number of likely N-dealkylation sites (N-methyl/N-ethyl adjacent to an activating group) is 1. The van der Waals surface area contributed by atoms with Crippen LogP contribution < -0.4 is 0 Å². The minimum absolute atomic E-state index is 0.0152. The van der Waals surface area contributed by atoms with E-state index in [1.165, 1.54) is 0 Å². The number of furan rings is 1. The summed E-state index contributed by atoms with van der Waals surface area (Å²) in [4.78, 5) is 14.2. The third-order valence-electron chi connectivity index (χ3n) is 9.16. The van der Waals surface area contributed by atoms with Gasteiger partial charge < -0.3 is 19.5 Å². The molecule has 0 radical (unpaired) electrons. The van der Waals surface area contributed by atoms with Gasteiger partial charge in [-0.1, -0.05) is 19.9 Å². The van der Waals surface area contributed by atoms with Crippen LogP contribution in [0.2, 0.25) is 0 Å². The molecule has 2 N–H and O–H groups in total. The number of aliphatic hydroxyl groups excluding tert-OH is 2. The lowest BCUT2D eigenvalue weighted by molar-refractivity contribution is -0.140. The molecule has 0 aromatic carbocycles. The molecule has 1 aliphatic heterocycles. The van der Waals surface area contributed by atoms with Gasteiger partial charge in [0.15, 0.2) is 0 Å². The number of hydrogen-bond donors (Lipinski definition) is 2. The molecule has 7 atom stereocenters. The van der Waals surface area contributed by atoms with Gasteiger partial charge in [0.1, 0.15) is 18.1 Å². The van der Waals surface area contributed by atoms with Gasteiger partial charge in [-0.15, -0.1) is 0 Å². The van der Waals surface area contributed by atoms with Crippen molar-refractivity contribution in [1.29, 1.82) is 0 Å². The first kappa shape index (κ1) is 20.1. The van der Waals surface area contributed by atoms with E-state index in [4.69, 9.17) is 4.42 Å². The summed E-state index contributed by atoms with van der Waals surface area (Å²) in [7, 11) is 1.95. The smallest absolute Gasteiger partial charge is 0.246 e.